The molecule has 0 saturated carbocycles. The van der Waals surface area contributed by atoms with E-state index in [1.165, 1.54) is 12.0 Å². The van der Waals surface area contributed by atoms with Gasteiger partial charge >= 0.3 is 0 Å². The van der Waals surface area contributed by atoms with Crippen LogP contribution < -0.4 is 4.72 Å². The number of nitrogens with one attached hydrogen (secondary N) is 1. The fourth-order valence-electron chi connectivity index (χ4n) is 3.49. The van der Waals surface area contributed by atoms with E-state index >= 15 is 0 Å². The van der Waals surface area contributed by atoms with E-state index in [0.29, 0.717) is 32.6 Å². The van der Waals surface area contributed by atoms with Gasteiger partial charge in [-0.1, -0.05) is 11.6 Å². The molecule has 7 nitrogen and oxygen atoms in total. The molecule has 2 aliphatic rings. The van der Waals surface area contributed by atoms with Gasteiger partial charge in [-0.2, -0.15) is 5.10 Å². The Hall–Kier alpha value is -1.67. The summed E-state index contributed by atoms with van der Waals surface area (Å²) in [5.74, 6) is 0.118. The Kier molecular flexibility index (Phi) is 5.58. The number of hydrogen-bond acceptors (Lipinski definition) is 4. The number of hydrogen-bond donors (Lipinski definition) is 1. The predicted molar refractivity (Wildman–Crippen MR) is 95.1 cm³/mol. The monoisotopic (exact) mass is 366 g/mol. The normalized spacial score (nSPS) is 21.4. The lowest BCUT2D eigenvalue weighted by molar-refractivity contribution is -0.131. The number of carbonyl (C=O) groups is 1. The van der Waals surface area contributed by atoms with Crippen molar-refractivity contribution in [3.63, 3.8) is 0 Å². The molecule has 8 heteroatoms. The Morgan fingerprint density at radius 2 is 2.20 bits per heavy atom. The van der Waals surface area contributed by atoms with Crippen LogP contribution in [0.25, 0.3) is 0 Å². The molecule has 25 heavy (non-hydrogen) atoms. The van der Waals surface area contributed by atoms with E-state index in [-0.39, 0.29) is 11.8 Å². The number of allylic oxidation sites excluding steroid dienone is 1. The summed E-state index contributed by atoms with van der Waals surface area (Å²) in [6.07, 6.45) is 10.0. The first-order valence-electron chi connectivity index (χ1n) is 8.82. The first kappa shape index (κ1) is 18.1. The predicted octanol–water partition coefficient (Wildman–Crippen LogP) is 1.28. The number of rotatable bonds is 5. The molecule has 0 radical (unpaired) electrons. The molecule has 0 bridgehead atoms. The van der Waals surface area contributed by atoms with Crippen LogP contribution in [0.2, 0.25) is 0 Å². The first-order valence-corrected chi connectivity index (χ1v) is 10.7. The van der Waals surface area contributed by atoms with Crippen molar-refractivity contribution in [2.45, 2.75) is 45.2 Å². The van der Waals surface area contributed by atoms with Crippen molar-refractivity contribution in [3.8, 4) is 0 Å². The van der Waals surface area contributed by atoms with E-state index < -0.39 is 10.0 Å². The maximum Gasteiger partial charge on any atom is 0.227 e. The summed E-state index contributed by atoms with van der Waals surface area (Å²) >= 11 is 0. The summed E-state index contributed by atoms with van der Waals surface area (Å²) < 4.78 is 27.3. The zero-order chi connectivity index (χ0) is 17.9. The van der Waals surface area contributed by atoms with Crippen LogP contribution >= 0.6 is 0 Å². The lowest BCUT2D eigenvalue weighted by Crippen LogP contribution is -2.38. The standard InChI is InChI=1S/C17H26N4O3S/c1-25(23,24)19-10-15-11-20(13-16-7-8-18-21(16)12-15)17(22)9-14-5-3-2-4-6-14/h5,7-8,15,19H,2-4,6,9-13H2,1H3. The second-order valence-corrected chi connectivity index (χ2v) is 8.88. The molecule has 0 spiro atoms. The Morgan fingerprint density at radius 1 is 1.36 bits per heavy atom. The molecule has 1 N–H and O–H groups in total. The summed E-state index contributed by atoms with van der Waals surface area (Å²) in [5, 5.41) is 4.31. The van der Waals surface area contributed by atoms with Crippen molar-refractivity contribution in [3.05, 3.63) is 29.6 Å². The van der Waals surface area contributed by atoms with E-state index in [0.717, 1.165) is 31.2 Å². The maximum absolute atomic E-state index is 12.8. The molecule has 1 aromatic heterocycles. The van der Waals surface area contributed by atoms with Crippen LogP contribution in [0, 0.1) is 5.92 Å². The molecule has 1 aliphatic heterocycles. The lowest BCUT2D eigenvalue weighted by atomic mass is 9.96. The van der Waals surface area contributed by atoms with E-state index in [2.05, 4.69) is 15.9 Å². The fourth-order valence-corrected chi connectivity index (χ4v) is 4.03. The Balaban J connectivity index is 1.71. The zero-order valence-corrected chi connectivity index (χ0v) is 15.5. The van der Waals surface area contributed by atoms with Gasteiger partial charge in [-0.15, -0.1) is 0 Å². The van der Waals surface area contributed by atoms with Crippen molar-refractivity contribution < 1.29 is 13.2 Å². The summed E-state index contributed by atoms with van der Waals surface area (Å²) in [6, 6.07) is 1.92. The van der Waals surface area contributed by atoms with Gasteiger partial charge in [-0.05, 0) is 31.7 Å². The molecule has 1 aromatic rings. The minimum Gasteiger partial charge on any atom is -0.336 e. The van der Waals surface area contributed by atoms with Crippen molar-refractivity contribution >= 4 is 15.9 Å². The number of carbonyl (C=O) groups excluding carboxylic acids is 1. The van der Waals surface area contributed by atoms with Gasteiger partial charge in [0.15, 0.2) is 0 Å². The number of sulfonamides is 1. The molecule has 138 valence electrons. The average molecular weight is 366 g/mol. The largest absolute Gasteiger partial charge is 0.336 e. The molecular formula is C17H26N4O3S. The zero-order valence-electron chi connectivity index (χ0n) is 14.6. The summed E-state index contributed by atoms with van der Waals surface area (Å²) in [4.78, 5) is 14.7. The first-order chi connectivity index (χ1) is 11.9. The number of amides is 1. The van der Waals surface area contributed by atoms with Gasteiger partial charge in [0.25, 0.3) is 0 Å². The third-order valence-corrected chi connectivity index (χ3v) is 5.51. The molecule has 0 aromatic carbocycles. The van der Waals surface area contributed by atoms with Gasteiger partial charge in [0.05, 0.1) is 18.5 Å². The smallest absolute Gasteiger partial charge is 0.227 e. The van der Waals surface area contributed by atoms with Gasteiger partial charge in [0.2, 0.25) is 15.9 Å². The minimum atomic E-state index is -3.25. The lowest BCUT2D eigenvalue weighted by Gasteiger charge is -2.25. The highest BCUT2D eigenvalue weighted by molar-refractivity contribution is 7.88. The third-order valence-electron chi connectivity index (χ3n) is 4.82. The summed E-state index contributed by atoms with van der Waals surface area (Å²) in [5.41, 5.74) is 2.23. The molecule has 0 fully saturated rings. The van der Waals surface area contributed by atoms with Crippen molar-refractivity contribution in [2.24, 2.45) is 5.92 Å². The third kappa shape index (κ3) is 5.15. The highest BCUT2D eigenvalue weighted by Gasteiger charge is 2.26. The van der Waals surface area contributed by atoms with Gasteiger partial charge in [-0.3, -0.25) is 9.48 Å². The number of fused-ring (bicyclic) bond motifs is 1. The van der Waals surface area contributed by atoms with Crippen LogP contribution in [0.3, 0.4) is 0 Å². The number of aromatic nitrogens is 2. The van der Waals surface area contributed by atoms with Crippen LogP contribution in [-0.2, 0) is 27.9 Å². The van der Waals surface area contributed by atoms with Crippen LogP contribution in [0.1, 0.15) is 37.8 Å². The SMILES string of the molecule is CS(=O)(=O)NCC1CN(C(=O)CC2=CCCCC2)Cc2ccnn2C1. The molecule has 0 saturated heterocycles. The second kappa shape index (κ2) is 7.70. The van der Waals surface area contributed by atoms with Crippen LogP contribution in [0.5, 0.6) is 0 Å². The topological polar surface area (TPSA) is 84.3 Å². The molecule has 1 unspecified atom stereocenters. The van der Waals surface area contributed by atoms with Crippen LogP contribution in [-0.4, -0.2) is 48.4 Å². The van der Waals surface area contributed by atoms with Crippen molar-refractivity contribution in [2.75, 3.05) is 19.3 Å². The summed E-state index contributed by atoms with van der Waals surface area (Å²) in [6.45, 7) is 1.99. The quantitative estimate of drug-likeness (QED) is 0.796. The van der Waals surface area contributed by atoms with E-state index in [9.17, 15) is 13.2 Å². The van der Waals surface area contributed by atoms with E-state index in [4.69, 9.17) is 0 Å². The Bertz CT molecular complexity index is 754. The molecule has 1 amide bonds. The second-order valence-electron chi connectivity index (χ2n) is 7.05. The van der Waals surface area contributed by atoms with Crippen molar-refractivity contribution in [1.29, 1.82) is 0 Å². The molecule has 3 rings (SSSR count). The number of nitrogens with zero attached hydrogens (tertiary/aromatic N) is 3. The van der Waals surface area contributed by atoms with Crippen LogP contribution in [0.4, 0.5) is 0 Å². The highest BCUT2D eigenvalue weighted by atomic mass is 32.2. The molecule has 1 aliphatic carbocycles. The minimum absolute atomic E-state index is 0.000149. The van der Waals surface area contributed by atoms with Gasteiger partial charge in [-0.25, -0.2) is 13.1 Å². The van der Waals surface area contributed by atoms with E-state index in [1.54, 1.807) is 6.20 Å². The Labute approximate surface area is 149 Å². The Morgan fingerprint density at radius 3 is 2.92 bits per heavy atom. The molecular weight excluding hydrogens is 340 g/mol. The fraction of sp³-hybridized carbons (Fsp3) is 0.647. The summed E-state index contributed by atoms with van der Waals surface area (Å²) in [7, 11) is -3.25. The van der Waals surface area contributed by atoms with Crippen LogP contribution in [0.15, 0.2) is 23.9 Å². The van der Waals surface area contributed by atoms with Gasteiger partial charge in [0, 0.05) is 38.2 Å². The van der Waals surface area contributed by atoms with Crippen molar-refractivity contribution in [1.82, 2.24) is 19.4 Å². The van der Waals surface area contributed by atoms with Gasteiger partial charge < -0.3 is 4.90 Å². The maximum atomic E-state index is 12.8. The van der Waals surface area contributed by atoms with E-state index in [1.807, 2.05) is 15.6 Å². The average Bonchev–Trinajstić information content (AvgIpc) is 2.91. The molecule has 1 atom stereocenters. The molecule has 2 heterocycles. The highest BCUT2D eigenvalue weighted by Crippen LogP contribution is 2.23. The van der Waals surface area contributed by atoms with Gasteiger partial charge in [0.1, 0.15) is 0 Å².